The van der Waals surface area contributed by atoms with Crippen molar-refractivity contribution in [3.05, 3.63) is 27.7 Å². The van der Waals surface area contributed by atoms with Crippen LogP contribution in [0.15, 0.2) is 22.7 Å². The molecule has 2 N–H and O–H groups in total. The van der Waals surface area contributed by atoms with Crippen LogP contribution in [0.3, 0.4) is 0 Å². The summed E-state index contributed by atoms with van der Waals surface area (Å²) < 4.78 is 0.772. The number of halogens is 2. The lowest BCUT2D eigenvalue weighted by Gasteiger charge is -2.41. The van der Waals surface area contributed by atoms with Crippen molar-refractivity contribution >= 4 is 39.2 Å². The number of nitrogens with one attached hydrogen (secondary N) is 1. The van der Waals surface area contributed by atoms with Crippen LogP contribution < -0.4 is 5.32 Å². The number of anilines is 1. The molecule has 0 bridgehead atoms. The summed E-state index contributed by atoms with van der Waals surface area (Å²) in [7, 11) is 0. The van der Waals surface area contributed by atoms with E-state index in [-0.39, 0.29) is 5.92 Å². The molecule has 0 spiro atoms. The summed E-state index contributed by atoms with van der Waals surface area (Å²) in [5, 5.41) is 13.7. The monoisotopic (exact) mass is 359 g/mol. The summed E-state index contributed by atoms with van der Waals surface area (Å²) in [5.74, 6) is -0.599. The van der Waals surface area contributed by atoms with Crippen LogP contribution in [0.4, 0.5) is 5.69 Å². The van der Waals surface area contributed by atoms with Crippen LogP contribution in [0.2, 0.25) is 5.02 Å². The summed E-state index contributed by atoms with van der Waals surface area (Å²) in [6.07, 6.45) is 4.56. The van der Waals surface area contributed by atoms with E-state index in [0.29, 0.717) is 11.4 Å². The Kier molecular flexibility index (Phi) is 4.97. The highest BCUT2D eigenvalue weighted by atomic mass is 79.9. The predicted octanol–water partition coefficient (Wildman–Crippen LogP) is 4.94. The zero-order valence-corrected chi connectivity index (χ0v) is 13.8. The zero-order valence-electron chi connectivity index (χ0n) is 11.5. The Morgan fingerprint density at radius 1 is 1.55 bits per heavy atom. The van der Waals surface area contributed by atoms with Crippen LogP contribution in [0, 0.1) is 5.92 Å². The number of hydrogen-bond donors (Lipinski definition) is 2. The van der Waals surface area contributed by atoms with Crippen molar-refractivity contribution < 1.29 is 9.90 Å². The minimum Gasteiger partial charge on any atom is -0.479 e. The molecule has 2 rings (SSSR count). The fraction of sp³-hybridized carbons (Fsp3) is 0.533. The summed E-state index contributed by atoms with van der Waals surface area (Å²) >= 11 is 9.36. The van der Waals surface area contributed by atoms with Gasteiger partial charge in [0.2, 0.25) is 0 Å². The third-order valence-electron chi connectivity index (χ3n) is 4.23. The first-order valence-electron chi connectivity index (χ1n) is 6.96. The van der Waals surface area contributed by atoms with Gasteiger partial charge in [0.15, 0.2) is 0 Å². The second-order valence-corrected chi connectivity index (χ2v) is 6.64. The van der Waals surface area contributed by atoms with E-state index in [1.54, 1.807) is 6.07 Å². The second-order valence-electron chi connectivity index (χ2n) is 5.38. The van der Waals surface area contributed by atoms with Gasteiger partial charge in [-0.3, -0.25) is 0 Å². The molecule has 110 valence electrons. The maximum atomic E-state index is 11.9. The van der Waals surface area contributed by atoms with Crippen molar-refractivity contribution in [2.45, 2.75) is 44.6 Å². The van der Waals surface area contributed by atoms with Gasteiger partial charge in [0.1, 0.15) is 5.54 Å². The topological polar surface area (TPSA) is 49.3 Å². The molecular weight excluding hydrogens is 342 g/mol. The molecule has 1 aromatic carbocycles. The third kappa shape index (κ3) is 2.96. The van der Waals surface area contributed by atoms with Crippen molar-refractivity contribution in [1.82, 2.24) is 0 Å². The molecule has 0 saturated heterocycles. The van der Waals surface area contributed by atoms with Crippen molar-refractivity contribution in [2.24, 2.45) is 5.92 Å². The highest BCUT2D eigenvalue weighted by Crippen LogP contribution is 2.39. The smallest absolute Gasteiger partial charge is 0.329 e. The molecule has 2 atom stereocenters. The van der Waals surface area contributed by atoms with Crippen LogP contribution >= 0.6 is 27.5 Å². The molecule has 0 aromatic heterocycles. The van der Waals surface area contributed by atoms with E-state index >= 15 is 0 Å². The first-order chi connectivity index (χ1) is 9.49. The standard InChI is InChI=1S/C15H19BrClNO2/c1-2-10-5-3-4-8-15(10,14(19)20)18-11-6-7-13(17)12(16)9-11/h6-7,9-10,18H,2-5,8H2,1H3,(H,19,20). The Labute approximate surface area is 132 Å². The maximum Gasteiger partial charge on any atom is 0.329 e. The molecule has 1 saturated carbocycles. The molecule has 1 aliphatic carbocycles. The number of carboxylic acid groups (broad SMARTS) is 1. The SMILES string of the molecule is CCC1CCCCC1(Nc1ccc(Cl)c(Br)c1)C(=O)O. The summed E-state index contributed by atoms with van der Waals surface area (Å²) in [5.41, 5.74) is -0.0655. The number of benzene rings is 1. The van der Waals surface area contributed by atoms with Crippen LogP contribution in [-0.2, 0) is 4.79 Å². The fourth-order valence-corrected chi connectivity index (χ4v) is 3.63. The quantitative estimate of drug-likeness (QED) is 0.799. The van der Waals surface area contributed by atoms with Gasteiger partial charge in [-0.25, -0.2) is 4.79 Å². The Balaban J connectivity index is 2.32. The number of carbonyl (C=O) groups is 1. The van der Waals surface area contributed by atoms with Gasteiger partial charge in [-0.2, -0.15) is 0 Å². The molecule has 1 fully saturated rings. The lowest BCUT2D eigenvalue weighted by atomic mass is 9.71. The minimum atomic E-state index is -0.861. The number of hydrogen-bond acceptors (Lipinski definition) is 2. The average Bonchev–Trinajstić information content (AvgIpc) is 2.43. The normalized spacial score (nSPS) is 26.2. The molecule has 3 nitrogen and oxygen atoms in total. The molecule has 0 heterocycles. The van der Waals surface area contributed by atoms with E-state index in [1.165, 1.54) is 0 Å². The highest BCUT2D eigenvalue weighted by molar-refractivity contribution is 9.10. The molecule has 1 aliphatic rings. The van der Waals surface area contributed by atoms with Crippen LogP contribution in [0.5, 0.6) is 0 Å². The van der Waals surface area contributed by atoms with Gasteiger partial charge in [-0.05, 0) is 52.9 Å². The van der Waals surface area contributed by atoms with E-state index in [9.17, 15) is 9.90 Å². The van der Waals surface area contributed by atoms with Gasteiger partial charge < -0.3 is 10.4 Å². The van der Waals surface area contributed by atoms with E-state index in [0.717, 1.165) is 35.8 Å². The van der Waals surface area contributed by atoms with Crippen molar-refractivity contribution in [3.8, 4) is 0 Å². The number of carboxylic acids is 1. The lowest BCUT2D eigenvalue weighted by molar-refractivity contribution is -0.145. The molecular formula is C15H19BrClNO2. The molecule has 1 aromatic rings. The van der Waals surface area contributed by atoms with Crippen LogP contribution in [-0.4, -0.2) is 16.6 Å². The molecule has 0 aliphatic heterocycles. The highest BCUT2D eigenvalue weighted by Gasteiger charge is 2.46. The summed E-state index contributed by atoms with van der Waals surface area (Å²) in [4.78, 5) is 11.9. The molecule has 20 heavy (non-hydrogen) atoms. The largest absolute Gasteiger partial charge is 0.479 e. The number of rotatable bonds is 4. The van der Waals surface area contributed by atoms with E-state index < -0.39 is 11.5 Å². The maximum absolute atomic E-state index is 11.9. The van der Waals surface area contributed by atoms with Crippen LogP contribution in [0.25, 0.3) is 0 Å². The molecule has 5 heteroatoms. The van der Waals surface area contributed by atoms with Gasteiger partial charge in [0, 0.05) is 10.2 Å². The van der Waals surface area contributed by atoms with Crippen molar-refractivity contribution in [3.63, 3.8) is 0 Å². The van der Waals surface area contributed by atoms with Gasteiger partial charge in [0.25, 0.3) is 0 Å². The average molecular weight is 361 g/mol. The Bertz CT molecular complexity index is 509. The first-order valence-corrected chi connectivity index (χ1v) is 8.13. The predicted molar refractivity (Wildman–Crippen MR) is 85.4 cm³/mol. The van der Waals surface area contributed by atoms with Gasteiger partial charge in [-0.15, -0.1) is 0 Å². The van der Waals surface area contributed by atoms with E-state index in [2.05, 4.69) is 28.2 Å². The van der Waals surface area contributed by atoms with Crippen molar-refractivity contribution in [1.29, 1.82) is 0 Å². The number of aliphatic carboxylic acids is 1. The van der Waals surface area contributed by atoms with Gasteiger partial charge in [-0.1, -0.05) is 37.8 Å². The third-order valence-corrected chi connectivity index (χ3v) is 5.45. The molecule has 2 unspecified atom stereocenters. The Morgan fingerprint density at radius 2 is 2.30 bits per heavy atom. The van der Waals surface area contributed by atoms with E-state index in [1.807, 2.05) is 12.1 Å². The Morgan fingerprint density at radius 3 is 2.90 bits per heavy atom. The van der Waals surface area contributed by atoms with Crippen molar-refractivity contribution in [2.75, 3.05) is 5.32 Å². The summed E-state index contributed by atoms with van der Waals surface area (Å²) in [6.45, 7) is 2.06. The molecule has 0 amide bonds. The summed E-state index contributed by atoms with van der Waals surface area (Å²) in [6, 6.07) is 5.45. The van der Waals surface area contributed by atoms with Gasteiger partial charge in [0.05, 0.1) is 5.02 Å². The van der Waals surface area contributed by atoms with Gasteiger partial charge >= 0.3 is 5.97 Å². The van der Waals surface area contributed by atoms with Crippen LogP contribution in [0.1, 0.15) is 39.0 Å². The minimum absolute atomic E-state index is 0.156. The first kappa shape index (κ1) is 15.6. The lowest BCUT2D eigenvalue weighted by Crippen LogP contribution is -2.54. The van der Waals surface area contributed by atoms with E-state index in [4.69, 9.17) is 11.6 Å². The fourth-order valence-electron chi connectivity index (χ4n) is 3.13. The zero-order chi connectivity index (χ0) is 14.8. The second kappa shape index (κ2) is 6.35. The molecule has 0 radical (unpaired) electrons. The Hall–Kier alpha value is -0.740.